The van der Waals surface area contributed by atoms with E-state index >= 15 is 0 Å². The number of hydrogen-bond donors (Lipinski definition) is 0. The van der Waals surface area contributed by atoms with Crippen LogP contribution in [-0.4, -0.2) is 27.8 Å². The highest BCUT2D eigenvalue weighted by molar-refractivity contribution is 8.01. The molecule has 0 N–H and O–H groups in total. The van der Waals surface area contributed by atoms with E-state index in [4.69, 9.17) is 4.74 Å². The Hall–Kier alpha value is -0.120. The Morgan fingerprint density at radius 1 is 1.09 bits per heavy atom. The first-order valence-corrected chi connectivity index (χ1v) is 11.4. The summed E-state index contributed by atoms with van der Waals surface area (Å²) < 4.78 is 6.23. The summed E-state index contributed by atoms with van der Waals surface area (Å²) in [6.07, 6.45) is 6.83. The second-order valence-electron chi connectivity index (χ2n) is 8.34. The van der Waals surface area contributed by atoms with E-state index in [2.05, 4.69) is 56.8 Å². The van der Waals surface area contributed by atoms with Gasteiger partial charge in [0.15, 0.2) is 4.90 Å². The van der Waals surface area contributed by atoms with Crippen LogP contribution in [0.3, 0.4) is 0 Å². The largest absolute Gasteiger partial charge is 0.363 e. The van der Waals surface area contributed by atoms with Gasteiger partial charge in [-0.3, -0.25) is 0 Å². The summed E-state index contributed by atoms with van der Waals surface area (Å²) in [4.78, 5) is 1.80. The third kappa shape index (κ3) is 3.09. The monoisotopic (exact) mass is 349 g/mol. The predicted molar refractivity (Wildman–Crippen MR) is 103 cm³/mol. The third-order valence-corrected chi connectivity index (χ3v) is 10.1. The topological polar surface area (TPSA) is 9.23 Å². The number of fused-ring (bicyclic) bond motifs is 2. The molecule has 2 atom stereocenters. The van der Waals surface area contributed by atoms with Crippen LogP contribution >= 0.6 is 11.8 Å². The van der Waals surface area contributed by atoms with E-state index in [1.165, 1.54) is 43.4 Å². The first-order chi connectivity index (χ1) is 11.0. The molecular formula is C20H29OS2+. The molecule has 126 valence electrons. The van der Waals surface area contributed by atoms with Crippen LogP contribution in [0.4, 0.5) is 0 Å². The molecule has 1 spiro atoms. The lowest BCUT2D eigenvalue weighted by molar-refractivity contribution is 0.0297. The molecule has 3 aliphatic rings. The first kappa shape index (κ1) is 16.4. The number of thioether (sulfide) groups is 1. The van der Waals surface area contributed by atoms with E-state index < -0.39 is 0 Å². The molecule has 1 aromatic rings. The van der Waals surface area contributed by atoms with Crippen molar-refractivity contribution in [3.05, 3.63) is 29.8 Å². The maximum Gasteiger partial charge on any atom is 0.155 e. The van der Waals surface area contributed by atoms with Gasteiger partial charge in [0, 0.05) is 29.5 Å². The average molecular weight is 350 g/mol. The van der Waals surface area contributed by atoms with Gasteiger partial charge < -0.3 is 4.74 Å². The van der Waals surface area contributed by atoms with Crippen LogP contribution < -0.4 is 0 Å². The van der Waals surface area contributed by atoms with Crippen molar-refractivity contribution in [2.24, 2.45) is 0 Å². The fourth-order valence-electron chi connectivity index (χ4n) is 4.49. The maximum atomic E-state index is 6.23. The van der Waals surface area contributed by atoms with Crippen molar-refractivity contribution in [1.82, 2.24) is 0 Å². The van der Waals surface area contributed by atoms with Gasteiger partial charge in [-0.1, -0.05) is 32.9 Å². The summed E-state index contributed by atoms with van der Waals surface area (Å²) in [6.45, 7) is 7.88. The molecular weight excluding hydrogens is 320 g/mol. The number of hydrogen-bond acceptors (Lipinski definition) is 2. The fourth-order valence-corrected chi connectivity index (χ4v) is 9.55. The zero-order valence-electron chi connectivity index (χ0n) is 14.6. The Balaban J connectivity index is 1.59. The number of benzene rings is 1. The molecule has 3 saturated heterocycles. The minimum atomic E-state index is 0.185. The molecule has 3 aliphatic heterocycles. The molecule has 2 unspecified atom stereocenters. The van der Waals surface area contributed by atoms with Crippen LogP contribution in [0.5, 0.6) is 0 Å². The molecule has 1 aromatic carbocycles. The van der Waals surface area contributed by atoms with Crippen molar-refractivity contribution in [1.29, 1.82) is 0 Å². The van der Waals surface area contributed by atoms with Crippen LogP contribution in [0.1, 0.15) is 58.4 Å². The van der Waals surface area contributed by atoms with Gasteiger partial charge in [-0.15, -0.1) is 11.8 Å². The van der Waals surface area contributed by atoms with Crippen LogP contribution in [0.25, 0.3) is 0 Å². The molecule has 4 rings (SSSR count). The van der Waals surface area contributed by atoms with Crippen LogP contribution in [0.15, 0.2) is 29.2 Å². The van der Waals surface area contributed by atoms with E-state index in [9.17, 15) is 0 Å². The van der Waals surface area contributed by atoms with Gasteiger partial charge in [0.05, 0.1) is 6.61 Å². The van der Waals surface area contributed by atoms with Crippen LogP contribution in [-0.2, 0) is 21.0 Å². The Morgan fingerprint density at radius 3 is 2.26 bits per heavy atom. The number of rotatable bonds is 1. The fraction of sp³-hybridized carbons (Fsp3) is 0.700. The molecule has 23 heavy (non-hydrogen) atoms. The summed E-state index contributed by atoms with van der Waals surface area (Å²) in [5.41, 5.74) is 1.71. The minimum absolute atomic E-state index is 0.185. The van der Waals surface area contributed by atoms with E-state index in [1.54, 1.807) is 4.90 Å². The van der Waals surface area contributed by atoms with Crippen molar-refractivity contribution >= 4 is 22.7 Å². The normalized spacial score (nSPS) is 37.3. The molecule has 2 bridgehead atoms. The zero-order chi connectivity index (χ0) is 16.1. The molecule has 1 nitrogen and oxygen atoms in total. The van der Waals surface area contributed by atoms with Gasteiger partial charge in [0.25, 0.3) is 0 Å². The van der Waals surface area contributed by atoms with E-state index in [0.717, 1.165) is 17.1 Å². The van der Waals surface area contributed by atoms with E-state index in [1.807, 2.05) is 0 Å². The van der Waals surface area contributed by atoms with Gasteiger partial charge in [-0.2, -0.15) is 0 Å². The molecule has 0 amide bonds. The summed E-state index contributed by atoms with van der Waals surface area (Å²) in [5, 5.41) is 1.71. The lowest BCUT2D eigenvalue weighted by atomic mass is 9.87. The summed E-state index contributed by atoms with van der Waals surface area (Å²) in [6, 6.07) is 9.64. The highest BCUT2D eigenvalue weighted by Gasteiger charge is 2.56. The molecule has 3 heteroatoms. The van der Waals surface area contributed by atoms with Gasteiger partial charge in [0.1, 0.15) is 15.4 Å². The van der Waals surface area contributed by atoms with Gasteiger partial charge in [0.2, 0.25) is 0 Å². The molecule has 0 radical (unpaired) electrons. The van der Waals surface area contributed by atoms with Crippen LogP contribution in [0, 0.1) is 0 Å². The van der Waals surface area contributed by atoms with E-state index in [-0.39, 0.29) is 10.3 Å². The van der Waals surface area contributed by atoms with Crippen LogP contribution in [0.2, 0.25) is 0 Å². The highest BCUT2D eigenvalue weighted by atomic mass is 32.2. The summed E-state index contributed by atoms with van der Waals surface area (Å²) >= 11 is 2.11. The lowest BCUT2D eigenvalue weighted by Gasteiger charge is -2.43. The lowest BCUT2D eigenvalue weighted by Crippen LogP contribution is -2.50. The Bertz CT molecular complexity index is 538. The number of ether oxygens (including phenoxy) is 1. The molecule has 0 saturated carbocycles. The van der Waals surface area contributed by atoms with Crippen molar-refractivity contribution in [3.63, 3.8) is 0 Å². The van der Waals surface area contributed by atoms with Crippen molar-refractivity contribution < 1.29 is 4.74 Å². The molecule has 3 heterocycles. The summed E-state index contributed by atoms with van der Waals surface area (Å²) in [5.74, 6) is 1.20. The smallest absolute Gasteiger partial charge is 0.155 e. The zero-order valence-corrected chi connectivity index (χ0v) is 16.3. The average Bonchev–Trinajstić information content (AvgIpc) is 2.94. The Morgan fingerprint density at radius 2 is 1.74 bits per heavy atom. The second kappa shape index (κ2) is 6.00. The quantitative estimate of drug-likeness (QED) is 0.650. The van der Waals surface area contributed by atoms with Crippen molar-refractivity contribution in [3.8, 4) is 0 Å². The third-order valence-electron chi connectivity index (χ3n) is 5.65. The summed E-state index contributed by atoms with van der Waals surface area (Å²) in [7, 11) is 0.446. The van der Waals surface area contributed by atoms with Gasteiger partial charge in [-0.05, 0) is 42.4 Å². The second-order valence-corrected chi connectivity index (χ2v) is 12.3. The minimum Gasteiger partial charge on any atom is -0.363 e. The predicted octanol–water partition coefficient (Wildman–Crippen LogP) is 5.14. The van der Waals surface area contributed by atoms with Crippen molar-refractivity contribution in [2.75, 3.05) is 12.4 Å². The van der Waals surface area contributed by atoms with E-state index in [0.29, 0.717) is 10.9 Å². The van der Waals surface area contributed by atoms with Gasteiger partial charge >= 0.3 is 0 Å². The molecule has 3 fully saturated rings. The first-order valence-electron chi connectivity index (χ1n) is 9.07. The SMILES string of the molecule is CC(C)(C)c1ccc([S+]2C3CCCC2CC2(C3)OCCS2)cc1. The van der Waals surface area contributed by atoms with Gasteiger partial charge in [-0.25, -0.2) is 0 Å². The van der Waals surface area contributed by atoms with Crippen molar-refractivity contribution in [2.45, 2.75) is 78.6 Å². The Labute approximate surface area is 148 Å². The standard InChI is InChI=1S/C20H29OS2/c1-19(2,3)15-7-9-16(10-8-15)23-17-5-4-6-18(23)14-20(13-17)21-11-12-22-20/h7-10,17-18H,4-6,11-14H2,1-3H3/q+1. The Kier molecular flexibility index (Phi) is 4.26. The molecule has 0 aromatic heterocycles. The molecule has 0 aliphatic carbocycles. The highest BCUT2D eigenvalue weighted by Crippen LogP contribution is 2.53. The maximum absolute atomic E-state index is 6.23.